The summed E-state index contributed by atoms with van der Waals surface area (Å²) in [6.07, 6.45) is 8.97. The van der Waals surface area contributed by atoms with Crippen LogP contribution < -0.4 is 5.73 Å². The zero-order valence-corrected chi connectivity index (χ0v) is 15.1. The molecular weight excluding hydrogens is 326 g/mol. The fraction of sp³-hybridized carbons (Fsp3) is 0.750. The van der Waals surface area contributed by atoms with E-state index in [4.69, 9.17) is 5.73 Å². The fourth-order valence-electron chi connectivity index (χ4n) is 3.72. The average Bonchev–Trinajstić information content (AvgIpc) is 2.67. The Bertz CT molecular complexity index is 662. The molecule has 134 valence electrons. The Morgan fingerprint density at radius 3 is 2.54 bits per heavy atom. The number of rotatable bonds is 5. The molecule has 2 fully saturated rings. The number of nitrogens with two attached hydrogens (primary N) is 1. The molecule has 7 nitrogen and oxygen atoms in total. The van der Waals surface area contributed by atoms with Gasteiger partial charge in [-0.2, -0.15) is 4.31 Å². The minimum atomic E-state index is -3.15. The molecule has 1 saturated carbocycles. The number of likely N-dealkylation sites (tertiary alicyclic amines) is 1. The summed E-state index contributed by atoms with van der Waals surface area (Å²) in [5.74, 6) is 1.22. The lowest BCUT2D eigenvalue weighted by atomic mass is 9.91. The van der Waals surface area contributed by atoms with Crippen molar-refractivity contribution in [3.8, 4) is 0 Å². The standard InChI is InChI=1S/C16H27N5O2S/c1-24(22,23)21(13-4-2-5-13)14-6-3-10-20(11-8-14)12-16-18-9-7-15(17)19-16/h7,9,13-14H,2-6,8,10-12H2,1H3,(H2,17,18,19)/t14-/m0/s1. The zero-order chi connectivity index (χ0) is 17.2. The van der Waals surface area contributed by atoms with Crippen molar-refractivity contribution in [3.63, 3.8) is 0 Å². The van der Waals surface area contributed by atoms with Crippen LogP contribution in [0.25, 0.3) is 0 Å². The number of hydrogen-bond donors (Lipinski definition) is 1. The predicted octanol–water partition coefficient (Wildman–Crippen LogP) is 1.23. The van der Waals surface area contributed by atoms with E-state index >= 15 is 0 Å². The van der Waals surface area contributed by atoms with E-state index in [2.05, 4.69) is 14.9 Å². The molecule has 0 bridgehead atoms. The molecular formula is C16H27N5O2S. The Labute approximate surface area is 144 Å². The van der Waals surface area contributed by atoms with Gasteiger partial charge in [-0.15, -0.1) is 0 Å². The van der Waals surface area contributed by atoms with Gasteiger partial charge in [-0.1, -0.05) is 6.42 Å². The first-order chi connectivity index (χ1) is 11.4. The Kier molecular flexibility index (Phi) is 5.36. The second-order valence-electron chi connectivity index (χ2n) is 6.94. The van der Waals surface area contributed by atoms with Gasteiger partial charge in [-0.05, 0) is 44.7 Å². The van der Waals surface area contributed by atoms with Gasteiger partial charge in [-0.25, -0.2) is 18.4 Å². The van der Waals surface area contributed by atoms with Crippen LogP contribution in [0.2, 0.25) is 0 Å². The van der Waals surface area contributed by atoms with Crippen LogP contribution in [0.5, 0.6) is 0 Å². The molecule has 0 unspecified atom stereocenters. The van der Waals surface area contributed by atoms with Crippen molar-refractivity contribution < 1.29 is 8.42 Å². The summed E-state index contributed by atoms with van der Waals surface area (Å²) in [7, 11) is -3.15. The number of anilines is 1. The molecule has 1 aromatic rings. The van der Waals surface area contributed by atoms with E-state index in [1.807, 2.05) is 0 Å². The van der Waals surface area contributed by atoms with Crippen molar-refractivity contribution in [2.75, 3.05) is 25.1 Å². The van der Waals surface area contributed by atoms with Crippen LogP contribution >= 0.6 is 0 Å². The topological polar surface area (TPSA) is 92.4 Å². The molecule has 1 atom stereocenters. The summed E-state index contributed by atoms with van der Waals surface area (Å²) in [4.78, 5) is 10.8. The lowest BCUT2D eigenvalue weighted by Crippen LogP contribution is -2.49. The molecule has 1 saturated heterocycles. The minimum absolute atomic E-state index is 0.122. The molecule has 2 aliphatic rings. The Morgan fingerprint density at radius 1 is 1.21 bits per heavy atom. The van der Waals surface area contributed by atoms with Gasteiger partial charge >= 0.3 is 0 Å². The van der Waals surface area contributed by atoms with Crippen LogP contribution in [-0.4, -0.2) is 59.0 Å². The van der Waals surface area contributed by atoms with Crippen LogP contribution in [-0.2, 0) is 16.6 Å². The van der Waals surface area contributed by atoms with E-state index in [1.54, 1.807) is 16.6 Å². The molecule has 0 aromatic carbocycles. The minimum Gasteiger partial charge on any atom is -0.384 e. The third-order valence-corrected chi connectivity index (χ3v) is 6.42. The first-order valence-corrected chi connectivity index (χ1v) is 10.6. The molecule has 2 heterocycles. The molecule has 0 radical (unpaired) electrons. The van der Waals surface area contributed by atoms with Gasteiger partial charge in [-0.3, -0.25) is 4.90 Å². The highest BCUT2D eigenvalue weighted by atomic mass is 32.2. The smallest absolute Gasteiger partial charge is 0.211 e. The third kappa shape index (κ3) is 4.23. The van der Waals surface area contributed by atoms with Crippen molar-refractivity contribution >= 4 is 15.8 Å². The fourth-order valence-corrected chi connectivity index (χ4v) is 5.23. The SMILES string of the molecule is CS(=O)(=O)N(C1CCC1)[C@H]1CCCN(Cc2nccc(N)n2)CC1. The number of aromatic nitrogens is 2. The number of nitrogen functional groups attached to an aromatic ring is 1. The predicted molar refractivity (Wildman–Crippen MR) is 93.7 cm³/mol. The molecule has 8 heteroatoms. The summed E-state index contributed by atoms with van der Waals surface area (Å²) in [5.41, 5.74) is 5.72. The second-order valence-corrected chi connectivity index (χ2v) is 8.82. The summed E-state index contributed by atoms with van der Waals surface area (Å²) in [6, 6.07) is 2.02. The monoisotopic (exact) mass is 353 g/mol. The van der Waals surface area contributed by atoms with E-state index in [0.717, 1.165) is 57.4 Å². The van der Waals surface area contributed by atoms with Gasteiger partial charge in [0.1, 0.15) is 11.6 Å². The van der Waals surface area contributed by atoms with Crippen molar-refractivity contribution in [1.82, 2.24) is 19.2 Å². The number of sulfonamides is 1. The molecule has 1 aliphatic heterocycles. The second kappa shape index (κ2) is 7.33. The van der Waals surface area contributed by atoms with Gasteiger partial charge in [0, 0.05) is 24.8 Å². The van der Waals surface area contributed by atoms with Crippen LogP contribution in [0.4, 0.5) is 5.82 Å². The van der Waals surface area contributed by atoms with Crippen LogP contribution in [0.1, 0.15) is 44.3 Å². The molecule has 3 rings (SSSR count). The third-order valence-electron chi connectivity index (χ3n) is 5.06. The van der Waals surface area contributed by atoms with E-state index in [0.29, 0.717) is 12.4 Å². The van der Waals surface area contributed by atoms with Gasteiger partial charge in [0.05, 0.1) is 12.8 Å². The zero-order valence-electron chi connectivity index (χ0n) is 14.3. The van der Waals surface area contributed by atoms with E-state index in [-0.39, 0.29) is 12.1 Å². The maximum Gasteiger partial charge on any atom is 0.211 e. The van der Waals surface area contributed by atoms with Crippen LogP contribution in [0, 0.1) is 0 Å². The summed E-state index contributed by atoms with van der Waals surface area (Å²) < 4.78 is 26.3. The molecule has 0 amide bonds. The van der Waals surface area contributed by atoms with Crippen molar-refractivity contribution in [1.29, 1.82) is 0 Å². The maximum atomic E-state index is 12.3. The van der Waals surface area contributed by atoms with E-state index in [9.17, 15) is 8.42 Å². The number of hydrogen-bond acceptors (Lipinski definition) is 6. The molecule has 0 spiro atoms. The molecule has 24 heavy (non-hydrogen) atoms. The molecule has 2 N–H and O–H groups in total. The summed E-state index contributed by atoms with van der Waals surface area (Å²) in [5, 5.41) is 0. The van der Waals surface area contributed by atoms with E-state index in [1.165, 1.54) is 6.26 Å². The summed E-state index contributed by atoms with van der Waals surface area (Å²) in [6.45, 7) is 2.47. The van der Waals surface area contributed by atoms with Crippen molar-refractivity contribution in [2.24, 2.45) is 0 Å². The molecule has 1 aromatic heterocycles. The number of nitrogens with zero attached hydrogens (tertiary/aromatic N) is 4. The van der Waals surface area contributed by atoms with Crippen molar-refractivity contribution in [2.45, 2.75) is 57.2 Å². The molecule has 1 aliphatic carbocycles. The lowest BCUT2D eigenvalue weighted by Gasteiger charge is -2.40. The quantitative estimate of drug-likeness (QED) is 0.856. The van der Waals surface area contributed by atoms with Crippen molar-refractivity contribution in [3.05, 3.63) is 18.1 Å². The first kappa shape index (κ1) is 17.6. The van der Waals surface area contributed by atoms with Gasteiger partial charge in [0.15, 0.2) is 0 Å². The van der Waals surface area contributed by atoms with Gasteiger partial charge in [0.2, 0.25) is 10.0 Å². The average molecular weight is 353 g/mol. The maximum absolute atomic E-state index is 12.3. The highest BCUT2D eigenvalue weighted by Crippen LogP contribution is 2.32. The Balaban J connectivity index is 1.63. The highest BCUT2D eigenvalue weighted by molar-refractivity contribution is 7.88. The largest absolute Gasteiger partial charge is 0.384 e. The first-order valence-electron chi connectivity index (χ1n) is 8.72. The van der Waals surface area contributed by atoms with Gasteiger partial charge in [0.25, 0.3) is 0 Å². The van der Waals surface area contributed by atoms with E-state index < -0.39 is 10.0 Å². The van der Waals surface area contributed by atoms with Crippen LogP contribution in [0.15, 0.2) is 12.3 Å². The highest BCUT2D eigenvalue weighted by Gasteiger charge is 2.37. The van der Waals surface area contributed by atoms with Gasteiger partial charge < -0.3 is 5.73 Å². The van der Waals surface area contributed by atoms with Crippen LogP contribution in [0.3, 0.4) is 0 Å². The normalized spacial score (nSPS) is 23.8. The lowest BCUT2D eigenvalue weighted by molar-refractivity contribution is 0.160. The Hall–Kier alpha value is -1.25. The Morgan fingerprint density at radius 2 is 1.92 bits per heavy atom. The summed E-state index contributed by atoms with van der Waals surface area (Å²) >= 11 is 0.